The number of nitrogens with one attached hydrogen (secondary N) is 1. The minimum absolute atomic E-state index is 0.0932. The fraction of sp³-hybridized carbons (Fsp3) is 0.0455. The highest BCUT2D eigenvalue weighted by Crippen LogP contribution is 2.40. The largest absolute Gasteiger partial charge is 0.399 e. The first-order valence-electron chi connectivity index (χ1n) is 9.09. The maximum absolute atomic E-state index is 13.9. The molecule has 0 unspecified atom stereocenters. The molecule has 5 nitrogen and oxygen atoms in total. The summed E-state index contributed by atoms with van der Waals surface area (Å²) in [6.45, 7) is 0. The van der Waals surface area contributed by atoms with Gasteiger partial charge < -0.3 is 11.1 Å². The van der Waals surface area contributed by atoms with Crippen LogP contribution < -0.4 is 11.1 Å². The van der Waals surface area contributed by atoms with Crippen molar-refractivity contribution in [1.29, 1.82) is 0 Å². The number of thioether (sulfide) groups is 1. The van der Waals surface area contributed by atoms with E-state index in [2.05, 4.69) is 5.32 Å². The second kappa shape index (κ2) is 8.16. The Labute approximate surface area is 181 Å². The zero-order valence-electron chi connectivity index (χ0n) is 15.9. The lowest BCUT2D eigenvalue weighted by Gasteiger charge is -2.19. The second-order valence-corrected chi connectivity index (χ2v) is 9.92. The highest BCUT2D eigenvalue weighted by atomic mass is 32.2. The maximum atomic E-state index is 13.9. The van der Waals surface area contributed by atoms with Gasteiger partial charge in [-0.2, -0.15) is 0 Å². The Balaban J connectivity index is 1.65. The molecule has 0 aromatic heterocycles. The molecule has 4 rings (SSSR count). The summed E-state index contributed by atoms with van der Waals surface area (Å²) >= 11 is 1.11. The zero-order valence-corrected chi connectivity index (χ0v) is 17.6. The van der Waals surface area contributed by atoms with Gasteiger partial charge in [0.15, 0.2) is 9.84 Å². The summed E-state index contributed by atoms with van der Waals surface area (Å²) in [5, 5.41) is 2.72. The van der Waals surface area contributed by atoms with Gasteiger partial charge in [-0.3, -0.25) is 4.79 Å². The van der Waals surface area contributed by atoms with Crippen LogP contribution in [0, 0.1) is 11.6 Å². The molecule has 0 bridgehead atoms. The molecular weight excluding hydrogens is 442 g/mol. The van der Waals surface area contributed by atoms with Crippen LogP contribution in [-0.2, 0) is 20.4 Å². The van der Waals surface area contributed by atoms with Crippen LogP contribution in [0.3, 0.4) is 0 Å². The fourth-order valence-electron chi connectivity index (χ4n) is 3.01. The first kappa shape index (κ1) is 21.1. The predicted molar refractivity (Wildman–Crippen MR) is 117 cm³/mol. The molecule has 0 atom stereocenters. The van der Waals surface area contributed by atoms with Gasteiger partial charge in [0, 0.05) is 16.1 Å². The molecule has 0 saturated carbocycles. The molecule has 1 aliphatic heterocycles. The SMILES string of the molecule is Nc1ccc(/C=C2\Sc3cc(S(=O)(=O)Cc4c(F)cccc4F)ccc3NC2=O)cc1. The Morgan fingerprint density at radius 2 is 1.68 bits per heavy atom. The van der Waals surface area contributed by atoms with Crippen molar-refractivity contribution in [2.75, 3.05) is 11.1 Å². The standard InChI is InChI=1S/C22H16F2N2O3S2/c23-17-2-1-3-18(24)16(17)12-31(28,29)15-8-9-19-20(11-15)30-21(22(27)26-19)10-13-4-6-14(25)7-5-13/h1-11H,12,25H2,(H,26,27)/b21-10-. The van der Waals surface area contributed by atoms with E-state index in [1.54, 1.807) is 30.3 Å². The van der Waals surface area contributed by atoms with Crippen LogP contribution in [-0.4, -0.2) is 14.3 Å². The van der Waals surface area contributed by atoms with E-state index in [4.69, 9.17) is 5.73 Å². The van der Waals surface area contributed by atoms with Gasteiger partial charge in [-0.15, -0.1) is 0 Å². The molecule has 1 amide bonds. The Morgan fingerprint density at radius 3 is 2.35 bits per heavy atom. The summed E-state index contributed by atoms with van der Waals surface area (Å²) in [5.74, 6) is -2.97. The minimum Gasteiger partial charge on any atom is -0.399 e. The second-order valence-electron chi connectivity index (χ2n) is 6.85. The third kappa shape index (κ3) is 4.47. The molecule has 3 aromatic carbocycles. The van der Waals surface area contributed by atoms with E-state index in [0.29, 0.717) is 21.2 Å². The number of hydrogen-bond donors (Lipinski definition) is 2. The normalized spacial score (nSPS) is 14.9. The minimum atomic E-state index is -4.03. The number of fused-ring (bicyclic) bond motifs is 1. The molecule has 31 heavy (non-hydrogen) atoms. The number of nitrogens with two attached hydrogens (primary N) is 1. The molecule has 1 heterocycles. The van der Waals surface area contributed by atoms with Crippen LogP contribution in [0.1, 0.15) is 11.1 Å². The van der Waals surface area contributed by atoms with E-state index >= 15 is 0 Å². The Hall–Kier alpha value is -3.17. The fourth-order valence-corrected chi connectivity index (χ4v) is 5.48. The van der Waals surface area contributed by atoms with Gasteiger partial charge in [-0.05, 0) is 54.1 Å². The van der Waals surface area contributed by atoms with E-state index < -0.39 is 32.8 Å². The number of carbonyl (C=O) groups excluding carboxylic acids is 1. The lowest BCUT2D eigenvalue weighted by atomic mass is 10.2. The van der Waals surface area contributed by atoms with Crippen molar-refractivity contribution < 1.29 is 22.0 Å². The first-order chi connectivity index (χ1) is 14.7. The molecular formula is C22H16F2N2O3S2. The van der Waals surface area contributed by atoms with E-state index in [9.17, 15) is 22.0 Å². The van der Waals surface area contributed by atoms with Gasteiger partial charge in [-0.1, -0.05) is 30.0 Å². The number of amides is 1. The molecule has 9 heteroatoms. The Kier molecular flexibility index (Phi) is 5.55. The number of rotatable bonds is 4. The quantitative estimate of drug-likeness (QED) is 0.440. The van der Waals surface area contributed by atoms with Gasteiger partial charge in [-0.25, -0.2) is 17.2 Å². The van der Waals surface area contributed by atoms with Gasteiger partial charge in [0.1, 0.15) is 11.6 Å². The number of anilines is 2. The van der Waals surface area contributed by atoms with Crippen molar-refractivity contribution in [2.45, 2.75) is 15.5 Å². The van der Waals surface area contributed by atoms with E-state index in [1.807, 2.05) is 0 Å². The Bertz CT molecular complexity index is 1300. The Morgan fingerprint density at radius 1 is 1.00 bits per heavy atom. The molecule has 0 spiro atoms. The van der Waals surface area contributed by atoms with Crippen molar-refractivity contribution in [1.82, 2.24) is 0 Å². The molecule has 0 aliphatic carbocycles. The number of nitrogen functional groups attached to an aromatic ring is 1. The summed E-state index contributed by atoms with van der Waals surface area (Å²) in [4.78, 5) is 13.2. The van der Waals surface area contributed by atoms with E-state index in [1.165, 1.54) is 24.3 Å². The number of hydrogen-bond acceptors (Lipinski definition) is 5. The van der Waals surface area contributed by atoms with Gasteiger partial charge in [0.05, 0.1) is 21.2 Å². The van der Waals surface area contributed by atoms with Crippen LogP contribution in [0.4, 0.5) is 20.2 Å². The van der Waals surface area contributed by atoms with Crippen LogP contribution in [0.2, 0.25) is 0 Å². The van der Waals surface area contributed by atoms with Gasteiger partial charge in [0.25, 0.3) is 5.91 Å². The number of carbonyl (C=O) groups is 1. The first-order valence-corrected chi connectivity index (χ1v) is 11.6. The molecule has 0 saturated heterocycles. The van der Waals surface area contributed by atoms with Gasteiger partial charge >= 0.3 is 0 Å². The monoisotopic (exact) mass is 458 g/mol. The summed E-state index contributed by atoms with van der Waals surface area (Å²) in [5.41, 5.74) is 6.97. The lowest BCUT2D eigenvalue weighted by Crippen LogP contribution is -2.18. The molecule has 158 valence electrons. The van der Waals surface area contributed by atoms with E-state index in [0.717, 1.165) is 29.5 Å². The van der Waals surface area contributed by atoms with Crippen LogP contribution in [0.15, 0.2) is 75.4 Å². The maximum Gasteiger partial charge on any atom is 0.262 e. The highest BCUT2D eigenvalue weighted by Gasteiger charge is 2.25. The molecule has 1 aliphatic rings. The van der Waals surface area contributed by atoms with Crippen molar-refractivity contribution in [2.24, 2.45) is 0 Å². The average Bonchev–Trinajstić information content (AvgIpc) is 2.73. The number of sulfone groups is 1. The molecule has 3 aromatic rings. The van der Waals surface area contributed by atoms with Crippen molar-refractivity contribution in [3.05, 3.63) is 88.3 Å². The summed E-state index contributed by atoms with van der Waals surface area (Å²) < 4.78 is 53.5. The van der Waals surface area contributed by atoms with Gasteiger partial charge in [0.2, 0.25) is 0 Å². The van der Waals surface area contributed by atoms with Crippen molar-refractivity contribution >= 4 is 45.0 Å². The highest BCUT2D eigenvalue weighted by molar-refractivity contribution is 8.04. The average molecular weight is 459 g/mol. The summed E-state index contributed by atoms with van der Waals surface area (Å²) in [6.07, 6.45) is 1.66. The smallest absolute Gasteiger partial charge is 0.262 e. The van der Waals surface area contributed by atoms with E-state index in [-0.39, 0.29) is 10.8 Å². The molecule has 0 fully saturated rings. The summed E-state index contributed by atoms with van der Waals surface area (Å²) in [6, 6.07) is 14.3. The zero-order chi connectivity index (χ0) is 22.2. The lowest BCUT2D eigenvalue weighted by molar-refractivity contribution is -0.112. The van der Waals surface area contributed by atoms with Crippen molar-refractivity contribution in [3.63, 3.8) is 0 Å². The topological polar surface area (TPSA) is 89.3 Å². The summed E-state index contributed by atoms with van der Waals surface area (Å²) in [7, 11) is -4.03. The van der Waals surface area contributed by atoms with Crippen LogP contribution >= 0.6 is 11.8 Å². The van der Waals surface area contributed by atoms with Crippen LogP contribution in [0.5, 0.6) is 0 Å². The number of benzene rings is 3. The number of halogens is 2. The predicted octanol–water partition coefficient (Wildman–Crippen LogP) is 4.61. The molecule has 0 radical (unpaired) electrons. The van der Waals surface area contributed by atoms with Crippen LogP contribution in [0.25, 0.3) is 6.08 Å². The molecule has 3 N–H and O–H groups in total. The third-order valence-electron chi connectivity index (χ3n) is 4.63. The third-order valence-corrected chi connectivity index (χ3v) is 7.36. The van der Waals surface area contributed by atoms with Crippen molar-refractivity contribution in [3.8, 4) is 0 Å².